The van der Waals surface area contributed by atoms with E-state index in [4.69, 9.17) is 5.73 Å². The number of aliphatic hydroxyl groups is 1. The Morgan fingerprint density at radius 2 is 1.45 bits per heavy atom. The summed E-state index contributed by atoms with van der Waals surface area (Å²) in [5.41, 5.74) is 6.68. The van der Waals surface area contributed by atoms with E-state index in [-0.39, 0.29) is 24.5 Å². The molecule has 0 radical (unpaired) electrons. The zero-order valence-electron chi connectivity index (χ0n) is 27.8. The van der Waals surface area contributed by atoms with Gasteiger partial charge in [-0.3, -0.25) is 14.4 Å². The smallest absolute Gasteiger partial charge is 0.383 e. The number of carbonyl (C=O) groups is 3. The Hall–Kier alpha value is -4.64. The third-order valence-corrected chi connectivity index (χ3v) is 12.0. The molecule has 2 amide bonds. The van der Waals surface area contributed by atoms with Crippen molar-refractivity contribution in [3.8, 4) is 11.1 Å². The van der Waals surface area contributed by atoms with Gasteiger partial charge in [0.1, 0.15) is 5.60 Å². The van der Waals surface area contributed by atoms with Crippen LogP contribution in [0.2, 0.25) is 0 Å². The van der Waals surface area contributed by atoms with Crippen molar-refractivity contribution in [2.24, 2.45) is 23.0 Å². The second-order valence-corrected chi connectivity index (χ2v) is 14.6. The summed E-state index contributed by atoms with van der Waals surface area (Å²) in [7, 11) is 0. The van der Waals surface area contributed by atoms with Crippen LogP contribution in [0.4, 0.5) is 27.6 Å². The molecule has 266 valence electrons. The van der Waals surface area contributed by atoms with E-state index in [0.29, 0.717) is 48.1 Å². The highest BCUT2D eigenvalue weighted by molar-refractivity contribution is 6.04. The molecule has 2 saturated carbocycles. The first-order valence-corrected chi connectivity index (χ1v) is 17.1. The van der Waals surface area contributed by atoms with Gasteiger partial charge in [0.25, 0.3) is 5.91 Å². The van der Waals surface area contributed by atoms with Crippen LogP contribution in [0.15, 0.2) is 95.6 Å². The maximum atomic E-state index is 15.3. The number of anilines is 1. The normalized spacial score (nSPS) is 27.6. The summed E-state index contributed by atoms with van der Waals surface area (Å²) in [6.45, 7) is 1.39. The van der Waals surface area contributed by atoms with E-state index >= 15 is 8.78 Å². The Labute approximate surface area is 291 Å². The number of fused-ring (bicyclic) bond motifs is 4. The van der Waals surface area contributed by atoms with Crippen LogP contribution in [-0.2, 0) is 4.79 Å². The topological polar surface area (TPSA) is 109 Å². The number of benzene rings is 3. The molecular weight excluding hydrogens is 667 g/mol. The predicted molar refractivity (Wildman–Crippen MR) is 181 cm³/mol. The number of ketones is 1. The minimum Gasteiger partial charge on any atom is -0.383 e. The van der Waals surface area contributed by atoms with Gasteiger partial charge in [0.15, 0.2) is 5.78 Å². The van der Waals surface area contributed by atoms with Gasteiger partial charge in [0.2, 0.25) is 5.91 Å². The quantitative estimate of drug-likeness (QED) is 0.224. The molecule has 0 saturated heterocycles. The van der Waals surface area contributed by atoms with Gasteiger partial charge in [0.05, 0.1) is 0 Å². The first-order valence-electron chi connectivity index (χ1n) is 17.1. The number of hydrogen-bond donors (Lipinski definition) is 3. The molecule has 51 heavy (non-hydrogen) atoms. The lowest BCUT2D eigenvalue weighted by Gasteiger charge is -2.56. The molecule has 5 atom stereocenters. The highest BCUT2D eigenvalue weighted by atomic mass is 19.4. The van der Waals surface area contributed by atoms with Gasteiger partial charge >= 0.3 is 12.1 Å². The maximum absolute atomic E-state index is 15.3. The Bertz CT molecular complexity index is 1970. The summed E-state index contributed by atoms with van der Waals surface area (Å²) in [4.78, 5) is 37.0. The fourth-order valence-electron chi connectivity index (χ4n) is 9.36. The maximum Gasteiger partial charge on any atom is 0.456 e. The molecule has 0 aliphatic heterocycles. The van der Waals surface area contributed by atoms with Crippen LogP contribution in [0.3, 0.4) is 0 Å². The highest BCUT2D eigenvalue weighted by Crippen LogP contribution is 2.70. The summed E-state index contributed by atoms with van der Waals surface area (Å²) >= 11 is 0. The Kier molecular flexibility index (Phi) is 8.36. The number of alkyl halides is 5. The van der Waals surface area contributed by atoms with Gasteiger partial charge in [0, 0.05) is 34.6 Å². The third kappa shape index (κ3) is 5.60. The fourth-order valence-corrected chi connectivity index (χ4v) is 9.36. The van der Waals surface area contributed by atoms with Crippen molar-refractivity contribution < 1.29 is 41.4 Å². The molecule has 4 N–H and O–H groups in total. The van der Waals surface area contributed by atoms with Gasteiger partial charge in [-0.1, -0.05) is 48.9 Å². The number of rotatable bonds is 6. The first-order chi connectivity index (χ1) is 24.0. The number of halogens is 5. The molecule has 0 unspecified atom stereocenters. The van der Waals surface area contributed by atoms with Crippen LogP contribution in [-0.4, -0.2) is 40.4 Å². The molecule has 7 rings (SSSR count). The monoisotopic (exact) mass is 704 g/mol. The van der Waals surface area contributed by atoms with Gasteiger partial charge in [-0.25, -0.2) is 0 Å². The van der Waals surface area contributed by atoms with Gasteiger partial charge in [-0.05, 0) is 121 Å². The van der Waals surface area contributed by atoms with Crippen LogP contribution < -0.4 is 11.1 Å². The predicted octanol–water partition coefficient (Wildman–Crippen LogP) is 8.53. The van der Waals surface area contributed by atoms with E-state index in [1.807, 2.05) is 12.1 Å². The van der Waals surface area contributed by atoms with Crippen molar-refractivity contribution in [3.63, 3.8) is 0 Å². The molecule has 6 nitrogen and oxygen atoms in total. The second kappa shape index (κ2) is 12.3. The number of amides is 2. The SMILES string of the molecule is C[C@]12C[C@H](c3ccc(C(=O)Nc4ccc(-c5ccc(C(N)=O)cc5)cc4)cc3)C3=C4CCC(=O)C=C4CC[C@H]3[C@@H]1CC[C@@]2(O)C(F)(F)C(F)(F)F. The molecule has 0 spiro atoms. The molecule has 2 fully saturated rings. The van der Waals surface area contributed by atoms with E-state index in [2.05, 4.69) is 5.32 Å². The Morgan fingerprint density at radius 3 is 2.06 bits per heavy atom. The van der Waals surface area contributed by atoms with E-state index in [1.54, 1.807) is 66.7 Å². The van der Waals surface area contributed by atoms with Crippen LogP contribution in [0.25, 0.3) is 11.1 Å². The van der Waals surface area contributed by atoms with Crippen LogP contribution >= 0.6 is 0 Å². The molecular formula is C40H37F5N2O4. The lowest BCUT2D eigenvalue weighted by Crippen LogP contribution is -2.65. The first kappa shape index (κ1) is 34.8. The molecule has 0 heterocycles. The van der Waals surface area contributed by atoms with Crippen LogP contribution in [0.5, 0.6) is 0 Å². The van der Waals surface area contributed by atoms with E-state index in [0.717, 1.165) is 27.8 Å². The molecule has 4 aliphatic carbocycles. The molecule has 0 aromatic heterocycles. The van der Waals surface area contributed by atoms with Crippen molar-refractivity contribution >= 4 is 23.3 Å². The second-order valence-electron chi connectivity index (χ2n) is 14.6. The van der Waals surface area contributed by atoms with E-state index in [9.17, 15) is 32.7 Å². The summed E-state index contributed by atoms with van der Waals surface area (Å²) < 4.78 is 72.2. The molecule has 3 aromatic rings. The fraction of sp³-hybridized carbons (Fsp3) is 0.375. The summed E-state index contributed by atoms with van der Waals surface area (Å²) in [6, 6.07) is 20.5. The zero-order valence-corrected chi connectivity index (χ0v) is 27.8. The van der Waals surface area contributed by atoms with Crippen LogP contribution in [0, 0.1) is 17.3 Å². The van der Waals surface area contributed by atoms with Gasteiger partial charge < -0.3 is 16.2 Å². The van der Waals surface area contributed by atoms with Gasteiger partial charge in [-0.2, -0.15) is 22.0 Å². The number of primary amides is 1. The largest absolute Gasteiger partial charge is 0.456 e. The summed E-state index contributed by atoms with van der Waals surface area (Å²) in [5.74, 6) is -7.76. The van der Waals surface area contributed by atoms with Crippen molar-refractivity contribution in [2.75, 3.05) is 5.32 Å². The Balaban J connectivity index is 1.18. The van der Waals surface area contributed by atoms with Crippen molar-refractivity contribution in [3.05, 3.63) is 112 Å². The average molecular weight is 705 g/mol. The third-order valence-electron chi connectivity index (χ3n) is 12.0. The molecule has 4 aliphatic rings. The lowest BCUT2D eigenvalue weighted by molar-refractivity contribution is -0.362. The Morgan fingerprint density at radius 1 is 0.843 bits per heavy atom. The molecule has 11 heteroatoms. The standard InChI is InChI=1S/C40H37F5N2O4/c1-37-21-32(24-4-8-26(9-5-24)36(50)47-28-13-10-23(11-14-28)22-2-6-25(7-3-22)35(46)49)34-30-17-15-29(48)20-27(30)12-16-31(34)33(37)18-19-38(37,51)39(41,42)40(43,44)45/h2-11,13-14,20,31-33,51H,12,15-19,21H2,1H3,(H2,46,49)(H,47,50)/t31-,32+,33-,37-,38-/m0/s1. The van der Waals surface area contributed by atoms with Crippen molar-refractivity contribution in [1.29, 1.82) is 0 Å². The van der Waals surface area contributed by atoms with Crippen molar-refractivity contribution in [1.82, 2.24) is 0 Å². The summed E-state index contributed by atoms with van der Waals surface area (Å²) in [5, 5.41) is 14.3. The number of hydrogen-bond acceptors (Lipinski definition) is 4. The van der Waals surface area contributed by atoms with Gasteiger partial charge in [-0.15, -0.1) is 0 Å². The van der Waals surface area contributed by atoms with E-state index in [1.165, 1.54) is 6.92 Å². The van der Waals surface area contributed by atoms with E-state index < -0.39 is 53.2 Å². The average Bonchev–Trinajstić information content (AvgIpc) is 3.38. The minimum atomic E-state index is -5.92. The zero-order chi connectivity index (χ0) is 36.5. The molecule has 3 aromatic carbocycles. The van der Waals surface area contributed by atoms with Crippen LogP contribution in [0.1, 0.15) is 84.1 Å². The molecule has 0 bridgehead atoms. The number of nitrogens with two attached hydrogens (primary N) is 1. The summed E-state index contributed by atoms with van der Waals surface area (Å²) in [6.07, 6.45) is -3.30. The lowest BCUT2D eigenvalue weighted by atomic mass is 9.50. The number of allylic oxidation sites excluding steroid dienone is 4. The highest BCUT2D eigenvalue weighted by Gasteiger charge is 2.79. The number of nitrogens with one attached hydrogen (secondary N) is 1. The minimum absolute atomic E-state index is 0.00826. The van der Waals surface area contributed by atoms with Crippen molar-refractivity contribution in [2.45, 2.75) is 75.5 Å². The number of carbonyl (C=O) groups excluding carboxylic acids is 3.